The molecule has 0 aromatic carbocycles. The van der Waals surface area contributed by atoms with Crippen molar-refractivity contribution in [2.24, 2.45) is 17.1 Å². The number of nitrogens with one attached hydrogen (secondary N) is 1. The monoisotopic (exact) mass is 238 g/mol. The predicted octanol–water partition coefficient (Wildman–Crippen LogP) is 3.06. The van der Waals surface area contributed by atoms with Crippen LogP contribution in [0.1, 0.15) is 65.2 Å². The smallest absolute Gasteiger partial charge is 0.00683 e. The minimum absolute atomic E-state index is 0.475. The topological polar surface area (TPSA) is 38.0 Å². The summed E-state index contributed by atoms with van der Waals surface area (Å²) in [4.78, 5) is 0. The highest BCUT2D eigenvalue weighted by atomic mass is 14.9. The van der Waals surface area contributed by atoms with Gasteiger partial charge in [-0.1, -0.05) is 13.8 Å². The number of hydrogen-bond acceptors (Lipinski definition) is 2. The first-order chi connectivity index (χ1) is 8.05. The second-order valence-corrected chi connectivity index (χ2v) is 7.13. The van der Waals surface area contributed by atoms with Crippen LogP contribution in [0.15, 0.2) is 0 Å². The zero-order valence-corrected chi connectivity index (χ0v) is 11.7. The van der Waals surface area contributed by atoms with Crippen LogP contribution in [0.5, 0.6) is 0 Å². The number of hydrogen-bond donors (Lipinski definition) is 2. The van der Waals surface area contributed by atoms with Crippen molar-refractivity contribution in [3.05, 3.63) is 0 Å². The van der Waals surface area contributed by atoms with E-state index in [1.807, 2.05) is 0 Å². The lowest BCUT2D eigenvalue weighted by Gasteiger charge is -2.35. The first-order valence-corrected chi connectivity index (χ1v) is 7.54. The third-order valence-electron chi connectivity index (χ3n) is 4.93. The quantitative estimate of drug-likeness (QED) is 0.793. The third kappa shape index (κ3) is 4.26. The van der Waals surface area contributed by atoms with Crippen LogP contribution in [-0.2, 0) is 0 Å². The largest absolute Gasteiger partial charge is 0.328 e. The summed E-state index contributed by atoms with van der Waals surface area (Å²) in [6, 6.07) is 1.23. The van der Waals surface area contributed by atoms with Gasteiger partial charge in [-0.3, -0.25) is 0 Å². The molecule has 0 aromatic rings. The Morgan fingerprint density at radius 1 is 1.00 bits per heavy atom. The third-order valence-corrected chi connectivity index (χ3v) is 4.93. The van der Waals surface area contributed by atoms with Gasteiger partial charge >= 0.3 is 0 Å². The van der Waals surface area contributed by atoms with Crippen molar-refractivity contribution in [3.63, 3.8) is 0 Å². The van der Waals surface area contributed by atoms with Gasteiger partial charge in [0.25, 0.3) is 0 Å². The summed E-state index contributed by atoms with van der Waals surface area (Å²) < 4.78 is 0. The highest BCUT2D eigenvalue weighted by molar-refractivity contribution is 4.83. The lowest BCUT2D eigenvalue weighted by Crippen LogP contribution is -2.40. The number of rotatable bonds is 3. The summed E-state index contributed by atoms with van der Waals surface area (Å²) in [6.07, 6.45) is 10.7. The van der Waals surface area contributed by atoms with E-state index in [1.165, 1.54) is 57.9 Å². The van der Waals surface area contributed by atoms with Gasteiger partial charge in [-0.25, -0.2) is 0 Å². The molecule has 0 aromatic heterocycles. The Hall–Kier alpha value is -0.0800. The van der Waals surface area contributed by atoms with Crippen LogP contribution in [-0.4, -0.2) is 18.6 Å². The van der Waals surface area contributed by atoms with Crippen molar-refractivity contribution in [2.45, 2.75) is 77.3 Å². The van der Waals surface area contributed by atoms with Gasteiger partial charge in [0.1, 0.15) is 0 Å². The summed E-state index contributed by atoms with van der Waals surface area (Å²) >= 11 is 0. The minimum atomic E-state index is 0.475. The van der Waals surface area contributed by atoms with Crippen LogP contribution in [0.3, 0.4) is 0 Å². The van der Waals surface area contributed by atoms with E-state index in [9.17, 15) is 0 Å². The molecule has 100 valence electrons. The van der Waals surface area contributed by atoms with Gasteiger partial charge in [-0.2, -0.15) is 0 Å². The zero-order chi connectivity index (χ0) is 12.3. The number of nitrogens with two attached hydrogens (primary N) is 1. The predicted molar refractivity (Wildman–Crippen MR) is 74.0 cm³/mol. The van der Waals surface area contributed by atoms with Gasteiger partial charge in [0.2, 0.25) is 0 Å². The molecule has 2 nitrogen and oxygen atoms in total. The molecule has 2 aliphatic carbocycles. The van der Waals surface area contributed by atoms with Crippen LogP contribution in [0.25, 0.3) is 0 Å². The zero-order valence-electron chi connectivity index (χ0n) is 11.7. The summed E-state index contributed by atoms with van der Waals surface area (Å²) in [7, 11) is 0. The van der Waals surface area contributed by atoms with Crippen LogP contribution in [0.2, 0.25) is 0 Å². The Morgan fingerprint density at radius 2 is 1.59 bits per heavy atom. The molecular weight excluding hydrogens is 208 g/mol. The first kappa shape index (κ1) is 13.4. The molecule has 2 heteroatoms. The highest BCUT2D eigenvalue weighted by Crippen LogP contribution is 2.37. The molecule has 2 rings (SSSR count). The summed E-state index contributed by atoms with van der Waals surface area (Å²) in [5.74, 6) is 0.929. The molecule has 0 atom stereocenters. The molecule has 2 aliphatic rings. The van der Waals surface area contributed by atoms with E-state index in [4.69, 9.17) is 5.73 Å². The van der Waals surface area contributed by atoms with E-state index in [0.29, 0.717) is 11.5 Å². The fraction of sp³-hybridized carbons (Fsp3) is 1.00. The maximum Gasteiger partial charge on any atom is 0.00683 e. The highest BCUT2D eigenvalue weighted by Gasteiger charge is 2.27. The van der Waals surface area contributed by atoms with Crippen LogP contribution in [0, 0.1) is 11.3 Å². The van der Waals surface area contributed by atoms with Crippen molar-refractivity contribution in [1.82, 2.24) is 5.32 Å². The average molecular weight is 238 g/mol. The van der Waals surface area contributed by atoms with Crippen LogP contribution in [0.4, 0.5) is 0 Å². The molecule has 0 heterocycles. The maximum absolute atomic E-state index is 5.94. The average Bonchev–Trinajstić information content (AvgIpc) is 2.30. The van der Waals surface area contributed by atoms with E-state index in [1.54, 1.807) is 0 Å². The normalized spacial score (nSPS) is 34.8. The van der Waals surface area contributed by atoms with E-state index in [-0.39, 0.29) is 0 Å². The summed E-state index contributed by atoms with van der Waals surface area (Å²) in [5.41, 5.74) is 6.54. The Bertz CT molecular complexity index is 219. The fourth-order valence-corrected chi connectivity index (χ4v) is 3.32. The molecule has 0 amide bonds. The molecule has 0 spiro atoms. The van der Waals surface area contributed by atoms with Gasteiger partial charge in [-0.05, 0) is 69.2 Å². The van der Waals surface area contributed by atoms with E-state index >= 15 is 0 Å². The van der Waals surface area contributed by atoms with Crippen LogP contribution >= 0.6 is 0 Å². The van der Waals surface area contributed by atoms with Crippen molar-refractivity contribution >= 4 is 0 Å². The SMILES string of the molecule is CC1(C)CCC(CNC2CCC(N)CC2)CC1. The van der Waals surface area contributed by atoms with E-state index in [0.717, 1.165) is 12.0 Å². The van der Waals surface area contributed by atoms with Crippen molar-refractivity contribution in [3.8, 4) is 0 Å². The second-order valence-electron chi connectivity index (χ2n) is 7.13. The van der Waals surface area contributed by atoms with Crippen molar-refractivity contribution in [1.29, 1.82) is 0 Å². The van der Waals surface area contributed by atoms with Gasteiger partial charge in [0.15, 0.2) is 0 Å². The van der Waals surface area contributed by atoms with Gasteiger partial charge in [0.05, 0.1) is 0 Å². The second kappa shape index (κ2) is 5.71. The molecule has 0 aliphatic heterocycles. The van der Waals surface area contributed by atoms with Gasteiger partial charge in [-0.15, -0.1) is 0 Å². The Labute approximate surface area is 107 Å². The molecule has 0 saturated heterocycles. The van der Waals surface area contributed by atoms with Crippen LogP contribution < -0.4 is 11.1 Å². The van der Waals surface area contributed by atoms with Gasteiger partial charge < -0.3 is 11.1 Å². The molecular formula is C15H30N2. The molecule has 3 N–H and O–H groups in total. The summed E-state index contributed by atoms with van der Waals surface area (Å²) in [5, 5.41) is 3.78. The standard InChI is InChI=1S/C15H30N2/c1-15(2)9-7-12(8-10-15)11-17-14-5-3-13(16)4-6-14/h12-14,17H,3-11,16H2,1-2H3. The summed E-state index contributed by atoms with van der Waals surface area (Å²) in [6.45, 7) is 6.08. The van der Waals surface area contributed by atoms with Crippen molar-refractivity contribution < 1.29 is 0 Å². The lowest BCUT2D eigenvalue weighted by molar-refractivity contribution is 0.182. The molecule has 0 bridgehead atoms. The fourth-order valence-electron chi connectivity index (χ4n) is 3.32. The molecule has 0 unspecified atom stereocenters. The molecule has 17 heavy (non-hydrogen) atoms. The molecule has 2 saturated carbocycles. The molecule has 0 radical (unpaired) electrons. The Balaban J connectivity index is 1.63. The Morgan fingerprint density at radius 3 is 2.18 bits per heavy atom. The minimum Gasteiger partial charge on any atom is -0.328 e. The molecule has 2 fully saturated rings. The maximum atomic E-state index is 5.94. The van der Waals surface area contributed by atoms with Crippen molar-refractivity contribution in [2.75, 3.05) is 6.54 Å². The van der Waals surface area contributed by atoms with Gasteiger partial charge in [0, 0.05) is 12.1 Å². The van der Waals surface area contributed by atoms with E-state index < -0.39 is 0 Å². The first-order valence-electron chi connectivity index (χ1n) is 7.54. The lowest BCUT2D eigenvalue weighted by atomic mass is 9.73. The Kier molecular flexibility index (Phi) is 4.48. The van der Waals surface area contributed by atoms with E-state index in [2.05, 4.69) is 19.2 Å².